The lowest BCUT2D eigenvalue weighted by Gasteiger charge is -2.36. The maximum Gasteiger partial charge on any atom is 0.234 e. The fraction of sp³-hybridized carbons (Fsp3) is 0.562. The molecule has 0 aromatic carbocycles. The highest BCUT2D eigenvalue weighted by atomic mass is 32.1. The van der Waals surface area contributed by atoms with Crippen molar-refractivity contribution in [2.45, 2.75) is 24.9 Å². The Bertz CT molecular complexity index is 675. The van der Waals surface area contributed by atoms with Gasteiger partial charge in [-0.2, -0.15) is 4.98 Å². The van der Waals surface area contributed by atoms with Gasteiger partial charge in [0, 0.05) is 26.2 Å². The molecule has 1 amide bonds. The van der Waals surface area contributed by atoms with E-state index in [2.05, 4.69) is 20.4 Å². The molecular weight excluding hydrogens is 328 g/mol. The van der Waals surface area contributed by atoms with Crippen LogP contribution in [0.5, 0.6) is 0 Å². The number of ether oxygens (including phenoxy) is 1. The highest BCUT2D eigenvalue weighted by molar-refractivity contribution is 7.13. The summed E-state index contributed by atoms with van der Waals surface area (Å²) in [5.41, 5.74) is 0. The van der Waals surface area contributed by atoms with E-state index in [0.717, 1.165) is 37.4 Å². The molecule has 1 atom stereocenters. The zero-order valence-corrected chi connectivity index (χ0v) is 14.1. The van der Waals surface area contributed by atoms with E-state index in [-0.39, 0.29) is 17.9 Å². The topological polar surface area (TPSA) is 80.5 Å². The Morgan fingerprint density at radius 3 is 3.12 bits per heavy atom. The molecule has 4 rings (SSSR count). The van der Waals surface area contributed by atoms with Crippen molar-refractivity contribution in [1.82, 2.24) is 20.4 Å². The average molecular weight is 348 g/mol. The SMILES string of the molecule is O=C(CN1CC(c2nc(-c3cccs3)no2)C1)NCC1CCCO1. The maximum atomic E-state index is 11.9. The van der Waals surface area contributed by atoms with Crippen LogP contribution in [-0.4, -0.2) is 59.8 Å². The number of amides is 1. The molecule has 0 bridgehead atoms. The van der Waals surface area contributed by atoms with Crippen molar-refractivity contribution in [2.75, 3.05) is 32.8 Å². The fourth-order valence-electron chi connectivity index (χ4n) is 3.05. The first kappa shape index (κ1) is 15.7. The van der Waals surface area contributed by atoms with Crippen LogP contribution < -0.4 is 5.32 Å². The van der Waals surface area contributed by atoms with Gasteiger partial charge in [0.1, 0.15) is 0 Å². The number of likely N-dealkylation sites (tertiary alicyclic amines) is 1. The van der Waals surface area contributed by atoms with Crippen molar-refractivity contribution in [3.8, 4) is 10.7 Å². The van der Waals surface area contributed by atoms with Crippen LogP contribution in [0.3, 0.4) is 0 Å². The van der Waals surface area contributed by atoms with E-state index in [4.69, 9.17) is 9.26 Å². The molecule has 2 aliphatic rings. The number of carbonyl (C=O) groups is 1. The van der Waals surface area contributed by atoms with Gasteiger partial charge >= 0.3 is 0 Å². The van der Waals surface area contributed by atoms with Crippen LogP contribution in [0.4, 0.5) is 0 Å². The van der Waals surface area contributed by atoms with Gasteiger partial charge < -0.3 is 14.6 Å². The molecule has 2 saturated heterocycles. The number of nitrogens with zero attached hydrogens (tertiary/aromatic N) is 3. The Labute approximate surface area is 144 Å². The minimum atomic E-state index is 0.0498. The second-order valence-corrected chi connectivity index (χ2v) is 7.21. The Morgan fingerprint density at radius 1 is 1.46 bits per heavy atom. The zero-order valence-electron chi connectivity index (χ0n) is 13.3. The van der Waals surface area contributed by atoms with Gasteiger partial charge in [-0.05, 0) is 24.3 Å². The summed E-state index contributed by atoms with van der Waals surface area (Å²) in [6.45, 7) is 3.39. The number of nitrogens with one attached hydrogen (secondary N) is 1. The van der Waals surface area contributed by atoms with E-state index in [9.17, 15) is 4.79 Å². The summed E-state index contributed by atoms with van der Waals surface area (Å²) in [5, 5.41) is 8.97. The Balaban J connectivity index is 1.21. The minimum absolute atomic E-state index is 0.0498. The Morgan fingerprint density at radius 2 is 2.38 bits per heavy atom. The van der Waals surface area contributed by atoms with E-state index in [1.165, 1.54) is 0 Å². The molecule has 4 heterocycles. The first-order valence-electron chi connectivity index (χ1n) is 8.26. The van der Waals surface area contributed by atoms with Crippen molar-refractivity contribution >= 4 is 17.2 Å². The highest BCUT2D eigenvalue weighted by Crippen LogP contribution is 2.28. The van der Waals surface area contributed by atoms with Crippen LogP contribution in [0.15, 0.2) is 22.0 Å². The number of hydrogen-bond acceptors (Lipinski definition) is 7. The van der Waals surface area contributed by atoms with E-state index in [1.54, 1.807) is 11.3 Å². The average Bonchev–Trinajstić information content (AvgIpc) is 3.30. The molecule has 2 fully saturated rings. The number of thiophene rings is 1. The molecule has 2 aromatic rings. The Kier molecular flexibility index (Phi) is 4.59. The third-order valence-electron chi connectivity index (χ3n) is 4.41. The molecule has 8 heteroatoms. The highest BCUT2D eigenvalue weighted by Gasteiger charge is 2.33. The molecule has 0 spiro atoms. The molecular formula is C16H20N4O3S. The van der Waals surface area contributed by atoms with Crippen LogP contribution in [0.1, 0.15) is 24.7 Å². The molecule has 0 saturated carbocycles. The molecule has 2 aromatic heterocycles. The fourth-order valence-corrected chi connectivity index (χ4v) is 3.70. The predicted molar refractivity (Wildman–Crippen MR) is 88.8 cm³/mol. The number of hydrogen-bond donors (Lipinski definition) is 1. The normalized spacial score (nSPS) is 21.8. The molecule has 2 aliphatic heterocycles. The summed E-state index contributed by atoms with van der Waals surface area (Å²) in [7, 11) is 0. The first-order chi connectivity index (χ1) is 11.8. The summed E-state index contributed by atoms with van der Waals surface area (Å²) >= 11 is 1.59. The van der Waals surface area contributed by atoms with Crippen LogP contribution in [0.25, 0.3) is 10.7 Å². The molecule has 1 unspecified atom stereocenters. The summed E-state index contributed by atoms with van der Waals surface area (Å²) in [4.78, 5) is 19.5. The van der Waals surface area contributed by atoms with Crippen molar-refractivity contribution in [3.05, 3.63) is 23.4 Å². The van der Waals surface area contributed by atoms with Crippen LogP contribution in [0, 0.1) is 0 Å². The van der Waals surface area contributed by atoms with Gasteiger partial charge in [-0.25, -0.2) is 0 Å². The number of carbonyl (C=O) groups excluding carboxylic acids is 1. The van der Waals surface area contributed by atoms with Crippen molar-refractivity contribution in [1.29, 1.82) is 0 Å². The van der Waals surface area contributed by atoms with Gasteiger partial charge in [0.25, 0.3) is 0 Å². The monoisotopic (exact) mass is 348 g/mol. The van der Waals surface area contributed by atoms with Gasteiger partial charge in [-0.1, -0.05) is 11.2 Å². The first-order valence-corrected chi connectivity index (χ1v) is 9.14. The largest absolute Gasteiger partial charge is 0.376 e. The smallest absolute Gasteiger partial charge is 0.234 e. The second kappa shape index (κ2) is 7.00. The van der Waals surface area contributed by atoms with Gasteiger partial charge in [-0.15, -0.1) is 11.3 Å². The molecule has 1 N–H and O–H groups in total. The summed E-state index contributed by atoms with van der Waals surface area (Å²) < 4.78 is 10.9. The van der Waals surface area contributed by atoms with E-state index >= 15 is 0 Å². The third kappa shape index (κ3) is 3.50. The number of rotatable bonds is 6. The predicted octanol–water partition coefficient (Wildman–Crippen LogP) is 1.49. The van der Waals surface area contributed by atoms with Gasteiger partial charge in [-0.3, -0.25) is 9.69 Å². The lowest BCUT2D eigenvalue weighted by molar-refractivity contribution is -0.123. The van der Waals surface area contributed by atoms with Crippen molar-refractivity contribution in [3.63, 3.8) is 0 Å². The zero-order chi connectivity index (χ0) is 16.4. The second-order valence-electron chi connectivity index (χ2n) is 6.26. The Hall–Kier alpha value is -1.77. The summed E-state index contributed by atoms with van der Waals surface area (Å²) in [5.74, 6) is 1.58. The molecule has 7 nitrogen and oxygen atoms in total. The molecule has 0 aliphatic carbocycles. The van der Waals surface area contributed by atoms with Gasteiger partial charge in [0.05, 0.1) is 23.4 Å². The quantitative estimate of drug-likeness (QED) is 0.852. The van der Waals surface area contributed by atoms with Crippen LogP contribution >= 0.6 is 11.3 Å². The van der Waals surface area contributed by atoms with E-state index in [0.29, 0.717) is 24.8 Å². The molecule has 128 valence electrons. The van der Waals surface area contributed by atoms with Crippen molar-refractivity contribution < 1.29 is 14.1 Å². The van der Waals surface area contributed by atoms with E-state index in [1.807, 2.05) is 17.5 Å². The maximum absolute atomic E-state index is 11.9. The molecule has 24 heavy (non-hydrogen) atoms. The standard InChI is InChI=1S/C16H20N4O3S/c21-14(17-7-12-3-1-5-22-12)10-20-8-11(9-20)16-18-15(19-23-16)13-4-2-6-24-13/h2,4,6,11-12H,1,3,5,7-10H2,(H,17,21). The lowest BCUT2D eigenvalue weighted by Crippen LogP contribution is -2.50. The van der Waals surface area contributed by atoms with Crippen LogP contribution in [-0.2, 0) is 9.53 Å². The van der Waals surface area contributed by atoms with Gasteiger partial charge in [0.2, 0.25) is 17.6 Å². The lowest BCUT2D eigenvalue weighted by atomic mass is 10.0. The third-order valence-corrected chi connectivity index (χ3v) is 5.27. The summed E-state index contributed by atoms with van der Waals surface area (Å²) in [6.07, 6.45) is 2.31. The molecule has 0 radical (unpaired) electrons. The van der Waals surface area contributed by atoms with Gasteiger partial charge in [0.15, 0.2) is 0 Å². The summed E-state index contributed by atoms with van der Waals surface area (Å²) in [6, 6.07) is 3.95. The van der Waals surface area contributed by atoms with Crippen molar-refractivity contribution in [2.24, 2.45) is 0 Å². The van der Waals surface area contributed by atoms with Crippen LogP contribution in [0.2, 0.25) is 0 Å². The number of aromatic nitrogens is 2. The van der Waals surface area contributed by atoms with E-state index < -0.39 is 0 Å². The minimum Gasteiger partial charge on any atom is -0.376 e.